The first-order valence-corrected chi connectivity index (χ1v) is 10.5. The summed E-state index contributed by atoms with van der Waals surface area (Å²) in [6.45, 7) is 6.19. The maximum atomic E-state index is 12.6. The molecule has 0 unspecified atom stereocenters. The second kappa shape index (κ2) is 10.5. The van der Waals surface area contributed by atoms with Crippen LogP contribution >= 0.6 is 0 Å². The van der Waals surface area contributed by atoms with Gasteiger partial charge < -0.3 is 9.47 Å². The van der Waals surface area contributed by atoms with E-state index in [1.807, 2.05) is 78.9 Å². The Labute approximate surface area is 189 Å². The first-order chi connectivity index (χ1) is 15.4. The molecule has 0 radical (unpaired) electrons. The number of hydrogen-bond acceptors (Lipinski definition) is 4. The normalized spacial score (nSPS) is 11.5. The van der Waals surface area contributed by atoms with Crippen LogP contribution in [0.15, 0.2) is 84.4 Å². The molecule has 162 valence electrons. The highest BCUT2D eigenvalue weighted by molar-refractivity contribution is 6.06. The molecule has 32 heavy (non-hydrogen) atoms. The van der Waals surface area contributed by atoms with Crippen molar-refractivity contribution in [3.63, 3.8) is 0 Å². The molecule has 0 spiro atoms. The molecule has 0 aliphatic heterocycles. The third-order valence-electron chi connectivity index (χ3n) is 4.80. The Hall–Kier alpha value is -3.84. The first-order valence-electron chi connectivity index (χ1n) is 10.5. The zero-order valence-corrected chi connectivity index (χ0v) is 18.7. The van der Waals surface area contributed by atoms with E-state index in [1.54, 1.807) is 32.9 Å². The molecule has 0 aliphatic rings. The lowest BCUT2D eigenvalue weighted by atomic mass is 9.86. The van der Waals surface area contributed by atoms with Gasteiger partial charge in [0.1, 0.15) is 19.3 Å². The highest BCUT2D eigenvalue weighted by Gasteiger charge is 2.25. The van der Waals surface area contributed by atoms with Crippen LogP contribution in [0, 0.1) is 16.7 Å². The highest BCUT2D eigenvalue weighted by Crippen LogP contribution is 2.31. The minimum atomic E-state index is -0.632. The average Bonchev–Trinajstić information content (AvgIpc) is 2.80. The fourth-order valence-corrected chi connectivity index (χ4v) is 3.04. The van der Waals surface area contributed by atoms with Gasteiger partial charge in [-0.1, -0.05) is 87.5 Å². The third kappa shape index (κ3) is 6.33. The summed E-state index contributed by atoms with van der Waals surface area (Å²) in [6, 6.07) is 27.2. The maximum absolute atomic E-state index is 12.6. The fraction of sp³-hybridized carbons (Fsp3) is 0.214. The molecular weight excluding hydrogens is 398 g/mol. The van der Waals surface area contributed by atoms with Crippen LogP contribution in [0.4, 0.5) is 0 Å². The van der Waals surface area contributed by atoms with Crippen LogP contribution in [0.5, 0.6) is 11.5 Å². The molecule has 4 heteroatoms. The summed E-state index contributed by atoms with van der Waals surface area (Å²) in [7, 11) is 0. The summed E-state index contributed by atoms with van der Waals surface area (Å²) in [4.78, 5) is 12.6. The summed E-state index contributed by atoms with van der Waals surface area (Å²) < 4.78 is 12.1. The van der Waals surface area contributed by atoms with Gasteiger partial charge in [-0.05, 0) is 34.9 Å². The van der Waals surface area contributed by atoms with E-state index in [1.165, 1.54) is 0 Å². The lowest BCUT2D eigenvalue weighted by Gasteiger charge is -2.16. The van der Waals surface area contributed by atoms with E-state index < -0.39 is 5.41 Å². The van der Waals surface area contributed by atoms with Gasteiger partial charge in [0, 0.05) is 5.41 Å². The smallest absolute Gasteiger partial charge is 0.178 e. The summed E-state index contributed by atoms with van der Waals surface area (Å²) in [5, 5.41) is 9.51. The van der Waals surface area contributed by atoms with Gasteiger partial charge >= 0.3 is 0 Å². The average molecular weight is 426 g/mol. The van der Waals surface area contributed by atoms with Crippen molar-refractivity contribution in [2.45, 2.75) is 34.0 Å². The zero-order chi connectivity index (χ0) is 23.0. The number of nitrogens with zero attached hydrogens (tertiary/aromatic N) is 1. The second-order valence-corrected chi connectivity index (χ2v) is 8.50. The number of rotatable bonds is 8. The Morgan fingerprint density at radius 3 is 1.88 bits per heavy atom. The standard InChI is InChI=1S/C28H27NO3/c1-28(2,3)27(30)24(18-29)16-23-14-15-25(31-19-21-10-6-4-7-11-21)26(17-23)32-20-22-12-8-5-9-13-22/h4-17H,19-20H2,1-3H3/b24-16-. The van der Waals surface area contributed by atoms with Gasteiger partial charge in [0.2, 0.25) is 0 Å². The van der Waals surface area contributed by atoms with Crippen molar-refractivity contribution in [1.82, 2.24) is 0 Å². The Bertz CT molecular complexity index is 1120. The van der Waals surface area contributed by atoms with Crippen molar-refractivity contribution in [3.8, 4) is 17.6 Å². The van der Waals surface area contributed by atoms with Crippen LogP contribution < -0.4 is 9.47 Å². The molecular formula is C28H27NO3. The van der Waals surface area contributed by atoms with Crippen molar-refractivity contribution in [2.75, 3.05) is 0 Å². The Morgan fingerprint density at radius 1 is 0.844 bits per heavy atom. The lowest BCUT2D eigenvalue weighted by Crippen LogP contribution is -2.21. The monoisotopic (exact) mass is 425 g/mol. The molecule has 3 rings (SSSR count). The maximum Gasteiger partial charge on any atom is 0.178 e. The fourth-order valence-electron chi connectivity index (χ4n) is 3.04. The van der Waals surface area contributed by atoms with Crippen LogP contribution in [0.2, 0.25) is 0 Å². The predicted octanol–water partition coefficient (Wildman–Crippen LogP) is 6.37. The van der Waals surface area contributed by atoms with Gasteiger partial charge in [-0.3, -0.25) is 4.79 Å². The summed E-state index contributed by atoms with van der Waals surface area (Å²) >= 11 is 0. The lowest BCUT2D eigenvalue weighted by molar-refractivity contribution is -0.121. The number of benzene rings is 3. The van der Waals surface area contributed by atoms with Crippen LogP contribution in [-0.4, -0.2) is 5.78 Å². The van der Waals surface area contributed by atoms with Crippen LogP contribution in [0.1, 0.15) is 37.5 Å². The summed E-state index contributed by atoms with van der Waals surface area (Å²) in [5.74, 6) is 0.956. The van der Waals surface area contributed by atoms with Crippen molar-refractivity contribution >= 4 is 11.9 Å². The number of hydrogen-bond donors (Lipinski definition) is 0. The van der Waals surface area contributed by atoms with Crippen LogP contribution in [-0.2, 0) is 18.0 Å². The second-order valence-electron chi connectivity index (χ2n) is 8.50. The molecule has 0 aliphatic carbocycles. The van der Waals surface area contributed by atoms with E-state index in [2.05, 4.69) is 0 Å². The number of ether oxygens (including phenoxy) is 2. The third-order valence-corrected chi connectivity index (χ3v) is 4.80. The largest absolute Gasteiger partial charge is 0.485 e. The van der Waals surface area contributed by atoms with Crippen molar-refractivity contribution in [1.29, 1.82) is 5.26 Å². The van der Waals surface area contributed by atoms with E-state index >= 15 is 0 Å². The van der Waals surface area contributed by atoms with Gasteiger partial charge in [-0.2, -0.15) is 5.26 Å². The van der Waals surface area contributed by atoms with Crippen molar-refractivity contribution in [3.05, 3.63) is 101 Å². The molecule has 0 bridgehead atoms. The minimum Gasteiger partial charge on any atom is -0.485 e. The first kappa shape index (κ1) is 22.8. The molecule has 0 heterocycles. The van der Waals surface area contributed by atoms with Gasteiger partial charge in [0.15, 0.2) is 17.3 Å². The van der Waals surface area contributed by atoms with Gasteiger partial charge in [0.05, 0.1) is 5.57 Å². The Balaban J connectivity index is 1.88. The summed E-state index contributed by atoms with van der Waals surface area (Å²) in [6.07, 6.45) is 1.60. The molecule has 0 saturated carbocycles. The van der Waals surface area contributed by atoms with Gasteiger partial charge in [-0.25, -0.2) is 0 Å². The van der Waals surface area contributed by atoms with Crippen LogP contribution in [0.3, 0.4) is 0 Å². The molecule has 0 atom stereocenters. The van der Waals surface area contributed by atoms with Crippen molar-refractivity contribution < 1.29 is 14.3 Å². The van der Waals surface area contributed by atoms with E-state index in [4.69, 9.17) is 9.47 Å². The molecule has 4 nitrogen and oxygen atoms in total. The molecule has 0 amide bonds. The molecule has 0 saturated heterocycles. The van der Waals surface area contributed by atoms with Gasteiger partial charge in [0.25, 0.3) is 0 Å². The number of ketones is 1. The van der Waals surface area contributed by atoms with Crippen LogP contribution in [0.25, 0.3) is 6.08 Å². The minimum absolute atomic E-state index is 0.115. The number of carbonyl (C=O) groups is 1. The molecule has 3 aromatic rings. The zero-order valence-electron chi connectivity index (χ0n) is 18.7. The number of nitriles is 1. The number of Topliss-reactive ketones (excluding diaryl/α,β-unsaturated/α-hetero) is 1. The van der Waals surface area contributed by atoms with Crippen molar-refractivity contribution in [2.24, 2.45) is 5.41 Å². The molecule has 0 N–H and O–H groups in total. The quantitative estimate of drug-likeness (QED) is 0.311. The highest BCUT2D eigenvalue weighted by atomic mass is 16.5. The predicted molar refractivity (Wildman–Crippen MR) is 126 cm³/mol. The molecule has 0 fully saturated rings. The van der Waals surface area contributed by atoms with E-state index in [0.29, 0.717) is 30.3 Å². The number of allylic oxidation sites excluding steroid dienone is 1. The molecule has 0 aromatic heterocycles. The Morgan fingerprint density at radius 2 is 1.38 bits per heavy atom. The van der Waals surface area contributed by atoms with E-state index in [9.17, 15) is 10.1 Å². The van der Waals surface area contributed by atoms with E-state index in [0.717, 1.165) is 11.1 Å². The topological polar surface area (TPSA) is 59.3 Å². The SMILES string of the molecule is CC(C)(C)C(=O)/C(C#N)=C\c1ccc(OCc2ccccc2)c(OCc2ccccc2)c1. The molecule has 3 aromatic carbocycles. The number of carbonyl (C=O) groups excluding carboxylic acids is 1. The summed E-state index contributed by atoms with van der Waals surface area (Å²) in [5.41, 5.74) is 2.27. The van der Waals surface area contributed by atoms with Gasteiger partial charge in [-0.15, -0.1) is 0 Å². The Kier molecular flexibility index (Phi) is 7.46. The van der Waals surface area contributed by atoms with E-state index in [-0.39, 0.29) is 11.4 Å².